The van der Waals surface area contributed by atoms with E-state index in [0.717, 1.165) is 16.6 Å². The molecule has 0 bridgehead atoms. The lowest BCUT2D eigenvalue weighted by molar-refractivity contribution is 0.558. The van der Waals surface area contributed by atoms with Crippen LogP contribution in [0.25, 0.3) is 0 Å². The van der Waals surface area contributed by atoms with Gasteiger partial charge in [0.15, 0.2) is 0 Å². The third kappa shape index (κ3) is 3.04. The van der Waals surface area contributed by atoms with Crippen molar-refractivity contribution in [3.8, 4) is 0 Å². The molecule has 1 atom stereocenters. The van der Waals surface area contributed by atoms with Crippen LogP contribution in [0.3, 0.4) is 0 Å². The Bertz CT molecular complexity index is 577. The summed E-state index contributed by atoms with van der Waals surface area (Å²) in [5.41, 5.74) is 4.60. The lowest BCUT2D eigenvalue weighted by Gasteiger charge is -2.17. The second-order valence-electron chi connectivity index (χ2n) is 4.81. The Hall–Kier alpha value is -1.20. The van der Waals surface area contributed by atoms with Crippen molar-refractivity contribution in [1.82, 2.24) is 20.1 Å². The number of nitrogens with zero attached hydrogens (tertiary/aromatic N) is 3. The normalized spacial score (nSPS) is 12.7. The van der Waals surface area contributed by atoms with E-state index in [2.05, 4.69) is 44.3 Å². The molecule has 0 spiro atoms. The van der Waals surface area contributed by atoms with Crippen molar-refractivity contribution >= 4 is 15.9 Å². The van der Waals surface area contributed by atoms with Crippen molar-refractivity contribution in [3.05, 3.63) is 45.4 Å². The monoisotopic (exact) mass is 322 g/mol. The van der Waals surface area contributed by atoms with Crippen LogP contribution >= 0.6 is 15.9 Å². The maximum Gasteiger partial charge on any atom is 0.0738 e. The maximum absolute atomic E-state index is 4.44. The Morgan fingerprint density at radius 2 is 2.11 bits per heavy atom. The second-order valence-corrected chi connectivity index (χ2v) is 5.60. The lowest BCUT2D eigenvalue weighted by Crippen LogP contribution is -2.20. The first-order chi connectivity index (χ1) is 9.02. The van der Waals surface area contributed by atoms with Gasteiger partial charge in [0.1, 0.15) is 0 Å². The van der Waals surface area contributed by atoms with Crippen molar-refractivity contribution < 1.29 is 0 Å². The quantitative estimate of drug-likeness (QED) is 0.941. The zero-order chi connectivity index (χ0) is 14.0. The summed E-state index contributed by atoms with van der Waals surface area (Å²) in [7, 11) is 3.96. The highest BCUT2D eigenvalue weighted by molar-refractivity contribution is 9.10. The number of hydrogen-bond acceptors (Lipinski definition) is 3. The minimum Gasteiger partial charge on any atom is -0.313 e. The van der Waals surface area contributed by atoms with E-state index in [1.54, 1.807) is 0 Å². The number of rotatable bonds is 4. The van der Waals surface area contributed by atoms with Gasteiger partial charge in [-0.3, -0.25) is 9.67 Å². The van der Waals surface area contributed by atoms with Gasteiger partial charge in [0.25, 0.3) is 0 Å². The molecule has 0 fully saturated rings. The van der Waals surface area contributed by atoms with Crippen LogP contribution in [0.5, 0.6) is 0 Å². The van der Waals surface area contributed by atoms with Gasteiger partial charge >= 0.3 is 0 Å². The molecule has 5 heteroatoms. The molecule has 2 heterocycles. The van der Waals surface area contributed by atoms with Crippen LogP contribution in [0.15, 0.2) is 22.9 Å². The summed E-state index contributed by atoms with van der Waals surface area (Å²) in [5, 5.41) is 7.79. The van der Waals surface area contributed by atoms with E-state index in [0.29, 0.717) is 0 Å². The van der Waals surface area contributed by atoms with Gasteiger partial charge in [0, 0.05) is 31.9 Å². The summed E-state index contributed by atoms with van der Waals surface area (Å²) in [6.45, 7) is 4.07. The van der Waals surface area contributed by atoms with E-state index in [4.69, 9.17) is 0 Å². The van der Waals surface area contributed by atoms with Gasteiger partial charge in [0.05, 0.1) is 15.9 Å². The number of pyridine rings is 1. The largest absolute Gasteiger partial charge is 0.313 e. The lowest BCUT2D eigenvalue weighted by atomic mass is 10.0. The zero-order valence-electron chi connectivity index (χ0n) is 11.7. The number of likely N-dealkylation sites (N-methyl/N-ethyl adjacent to an activating group) is 1. The molecule has 0 saturated heterocycles. The summed E-state index contributed by atoms with van der Waals surface area (Å²) in [4.78, 5) is 4.27. The highest BCUT2D eigenvalue weighted by Crippen LogP contribution is 2.25. The van der Waals surface area contributed by atoms with Crippen molar-refractivity contribution in [2.24, 2.45) is 7.05 Å². The average Bonchev–Trinajstić information content (AvgIpc) is 2.61. The Morgan fingerprint density at radius 1 is 1.37 bits per heavy atom. The van der Waals surface area contributed by atoms with Crippen molar-refractivity contribution in [3.63, 3.8) is 0 Å². The molecular weight excluding hydrogens is 304 g/mol. The van der Waals surface area contributed by atoms with Gasteiger partial charge in [-0.05, 0) is 48.0 Å². The first kappa shape index (κ1) is 14.2. The Labute approximate surface area is 122 Å². The summed E-state index contributed by atoms with van der Waals surface area (Å²) in [5.74, 6) is 0. The van der Waals surface area contributed by atoms with Crippen molar-refractivity contribution in [2.75, 3.05) is 7.05 Å². The van der Waals surface area contributed by atoms with Crippen LogP contribution < -0.4 is 5.32 Å². The molecule has 19 heavy (non-hydrogen) atoms. The standard InChI is InChI=1S/C14H19BrN4/c1-9-5-11(8-17-7-9)12(16-3)6-13-14(15)10(2)18-19(13)4/h5,7-8,12,16H,6H2,1-4H3. The molecule has 102 valence electrons. The molecule has 0 radical (unpaired) electrons. The smallest absolute Gasteiger partial charge is 0.0738 e. The molecule has 0 aliphatic carbocycles. The van der Waals surface area contributed by atoms with E-state index < -0.39 is 0 Å². The fraction of sp³-hybridized carbons (Fsp3) is 0.429. The van der Waals surface area contributed by atoms with E-state index in [-0.39, 0.29) is 6.04 Å². The average molecular weight is 323 g/mol. The number of hydrogen-bond donors (Lipinski definition) is 1. The van der Waals surface area contributed by atoms with Crippen molar-refractivity contribution in [1.29, 1.82) is 0 Å². The Balaban J connectivity index is 2.29. The van der Waals surface area contributed by atoms with Gasteiger partial charge in [-0.1, -0.05) is 6.07 Å². The highest BCUT2D eigenvalue weighted by Gasteiger charge is 2.17. The third-order valence-corrected chi connectivity index (χ3v) is 4.34. The van der Waals surface area contributed by atoms with Gasteiger partial charge in [-0.2, -0.15) is 5.10 Å². The van der Waals surface area contributed by atoms with E-state index in [1.165, 1.54) is 16.8 Å². The topological polar surface area (TPSA) is 42.7 Å². The highest BCUT2D eigenvalue weighted by atomic mass is 79.9. The number of nitrogens with one attached hydrogen (secondary N) is 1. The molecule has 2 aromatic rings. The molecule has 4 nitrogen and oxygen atoms in total. The Morgan fingerprint density at radius 3 is 2.63 bits per heavy atom. The molecule has 0 saturated carbocycles. The van der Waals surface area contributed by atoms with Crippen LogP contribution in [0, 0.1) is 13.8 Å². The maximum atomic E-state index is 4.44. The van der Waals surface area contributed by atoms with Gasteiger partial charge in [0.2, 0.25) is 0 Å². The van der Waals surface area contributed by atoms with Crippen LogP contribution in [-0.2, 0) is 13.5 Å². The van der Waals surface area contributed by atoms with E-state index >= 15 is 0 Å². The predicted octanol–water partition coefficient (Wildman–Crippen LogP) is 2.70. The fourth-order valence-electron chi connectivity index (χ4n) is 2.25. The molecule has 1 N–H and O–H groups in total. The Kier molecular flexibility index (Phi) is 4.37. The summed E-state index contributed by atoms with van der Waals surface area (Å²) in [6.07, 6.45) is 4.67. The predicted molar refractivity (Wildman–Crippen MR) is 80.1 cm³/mol. The first-order valence-electron chi connectivity index (χ1n) is 6.29. The first-order valence-corrected chi connectivity index (χ1v) is 7.09. The summed E-state index contributed by atoms with van der Waals surface area (Å²) >= 11 is 3.62. The molecule has 1 unspecified atom stereocenters. The van der Waals surface area contributed by atoms with Gasteiger partial charge < -0.3 is 5.32 Å². The second kappa shape index (κ2) is 5.84. The molecular formula is C14H19BrN4. The molecule has 0 aromatic carbocycles. The minimum absolute atomic E-state index is 0.235. The summed E-state index contributed by atoms with van der Waals surface area (Å²) in [6, 6.07) is 2.41. The molecule has 2 rings (SSSR count). The van der Waals surface area contributed by atoms with E-state index in [1.807, 2.05) is 38.1 Å². The number of aryl methyl sites for hydroxylation is 3. The van der Waals surface area contributed by atoms with E-state index in [9.17, 15) is 0 Å². The van der Waals surface area contributed by atoms with Crippen LogP contribution in [0.2, 0.25) is 0 Å². The number of halogens is 1. The van der Waals surface area contributed by atoms with Crippen molar-refractivity contribution in [2.45, 2.75) is 26.3 Å². The molecule has 0 aliphatic rings. The van der Waals surface area contributed by atoms with Crippen LogP contribution in [-0.4, -0.2) is 21.8 Å². The molecule has 2 aromatic heterocycles. The number of aromatic nitrogens is 3. The minimum atomic E-state index is 0.235. The molecule has 0 aliphatic heterocycles. The summed E-state index contributed by atoms with van der Waals surface area (Å²) < 4.78 is 3.03. The molecule has 0 amide bonds. The third-order valence-electron chi connectivity index (χ3n) is 3.31. The SMILES string of the molecule is CNC(Cc1c(Br)c(C)nn1C)c1cncc(C)c1. The van der Waals surface area contributed by atoms with Gasteiger partial charge in [-0.15, -0.1) is 0 Å². The van der Waals surface area contributed by atoms with Crippen LogP contribution in [0.4, 0.5) is 0 Å². The zero-order valence-corrected chi connectivity index (χ0v) is 13.3. The van der Waals surface area contributed by atoms with Crippen LogP contribution in [0.1, 0.15) is 28.6 Å². The van der Waals surface area contributed by atoms with Gasteiger partial charge in [-0.25, -0.2) is 0 Å². The fourth-order valence-corrected chi connectivity index (χ4v) is 2.75.